The molecule has 0 unspecified atom stereocenters. The van der Waals surface area contributed by atoms with Crippen LogP contribution in [-0.4, -0.2) is 4.57 Å². The van der Waals surface area contributed by atoms with Gasteiger partial charge in [-0.1, -0.05) is 133 Å². The molecule has 0 spiro atoms. The van der Waals surface area contributed by atoms with Crippen molar-refractivity contribution in [3.8, 4) is 16.8 Å². The molecule has 4 heteroatoms. The Hall–Kier alpha value is -7.56. The van der Waals surface area contributed by atoms with Gasteiger partial charge < -0.3 is 18.3 Å². The highest BCUT2D eigenvalue weighted by Gasteiger charge is 2.23. The maximum Gasteiger partial charge on any atom is 0.159 e. The number of hydrogen-bond donors (Lipinski definition) is 0. The van der Waals surface area contributed by atoms with Crippen LogP contribution in [0.1, 0.15) is 0 Å². The summed E-state index contributed by atoms with van der Waals surface area (Å²) < 4.78 is 15.7. The van der Waals surface area contributed by atoms with Crippen LogP contribution in [0.25, 0.3) is 93.3 Å². The second-order valence-corrected chi connectivity index (χ2v) is 14.5. The van der Waals surface area contributed by atoms with Crippen LogP contribution in [0.5, 0.6) is 0 Å². The van der Waals surface area contributed by atoms with Crippen molar-refractivity contribution in [2.75, 3.05) is 4.90 Å². The standard InChI is InChI=1S/C52H32N2O2/c1-2-12-35-31-38(29-25-33(35)11-1)54-45-18-6-3-13-39(45)40-30-26-36(32-48(40)54)34-23-27-37(28-24-34)53(46-19-9-16-43-41-14-4-7-21-49(41)55-51(43)46)47-20-10-17-44-42-15-5-8-22-50(42)56-52(44)47/h1-32H. The van der Waals surface area contributed by atoms with E-state index in [1.807, 2.05) is 24.3 Å². The van der Waals surface area contributed by atoms with Crippen molar-refractivity contribution in [3.05, 3.63) is 194 Å². The molecule has 0 N–H and O–H groups in total. The van der Waals surface area contributed by atoms with E-state index in [0.717, 1.165) is 77.8 Å². The summed E-state index contributed by atoms with van der Waals surface area (Å²) in [4.78, 5) is 2.28. The number of nitrogens with zero attached hydrogens (tertiary/aromatic N) is 2. The van der Waals surface area contributed by atoms with E-state index >= 15 is 0 Å². The van der Waals surface area contributed by atoms with Crippen LogP contribution >= 0.6 is 0 Å². The minimum atomic E-state index is 0.831. The Labute approximate surface area is 321 Å². The maximum absolute atomic E-state index is 6.63. The van der Waals surface area contributed by atoms with Crippen molar-refractivity contribution < 1.29 is 8.83 Å². The number of anilines is 3. The summed E-state index contributed by atoms with van der Waals surface area (Å²) in [5, 5.41) is 9.28. The Morgan fingerprint density at radius 3 is 1.61 bits per heavy atom. The van der Waals surface area contributed by atoms with Gasteiger partial charge in [-0.3, -0.25) is 0 Å². The summed E-state index contributed by atoms with van der Waals surface area (Å²) in [6.45, 7) is 0. The number of furan rings is 2. The SMILES string of the molecule is c1ccc2cc(-n3c4ccccc4c4ccc(-c5ccc(N(c6cccc7c6oc6ccccc67)c6cccc7c6oc6ccccc67)cc5)cc43)ccc2c1. The van der Waals surface area contributed by atoms with Crippen molar-refractivity contribution in [1.82, 2.24) is 4.57 Å². The molecule has 4 nitrogen and oxygen atoms in total. The predicted molar refractivity (Wildman–Crippen MR) is 233 cm³/mol. The Kier molecular flexibility index (Phi) is 6.60. The number of para-hydroxylation sites is 5. The Morgan fingerprint density at radius 1 is 0.357 bits per heavy atom. The first kappa shape index (κ1) is 30.9. The molecule has 3 aromatic heterocycles. The molecule has 12 aromatic rings. The Balaban J connectivity index is 1.04. The van der Waals surface area contributed by atoms with E-state index in [0.29, 0.717) is 0 Å². The lowest BCUT2D eigenvalue weighted by Gasteiger charge is -2.25. The van der Waals surface area contributed by atoms with E-state index in [4.69, 9.17) is 8.83 Å². The van der Waals surface area contributed by atoms with E-state index in [1.54, 1.807) is 0 Å². The summed E-state index contributed by atoms with van der Waals surface area (Å²) in [6, 6.07) is 69.0. The van der Waals surface area contributed by atoms with Gasteiger partial charge in [0.1, 0.15) is 11.2 Å². The molecule has 0 saturated heterocycles. The van der Waals surface area contributed by atoms with Gasteiger partial charge in [0.05, 0.1) is 22.4 Å². The lowest BCUT2D eigenvalue weighted by Crippen LogP contribution is -2.10. The fourth-order valence-corrected chi connectivity index (χ4v) is 8.77. The molecule has 262 valence electrons. The molecule has 0 amide bonds. The zero-order chi connectivity index (χ0) is 36.7. The fraction of sp³-hybridized carbons (Fsp3) is 0. The van der Waals surface area contributed by atoms with Gasteiger partial charge in [0.15, 0.2) is 11.2 Å². The molecular formula is C52H32N2O2. The van der Waals surface area contributed by atoms with Gasteiger partial charge in [0, 0.05) is 43.7 Å². The molecule has 0 radical (unpaired) electrons. The molecule has 0 saturated carbocycles. The molecule has 56 heavy (non-hydrogen) atoms. The van der Waals surface area contributed by atoms with Gasteiger partial charge in [-0.15, -0.1) is 0 Å². The van der Waals surface area contributed by atoms with Crippen LogP contribution in [0.2, 0.25) is 0 Å². The van der Waals surface area contributed by atoms with Gasteiger partial charge in [0.2, 0.25) is 0 Å². The summed E-state index contributed by atoms with van der Waals surface area (Å²) in [7, 11) is 0. The second kappa shape index (κ2) is 12.0. The highest BCUT2D eigenvalue weighted by Crippen LogP contribution is 2.46. The van der Waals surface area contributed by atoms with Crippen molar-refractivity contribution in [1.29, 1.82) is 0 Å². The smallest absolute Gasteiger partial charge is 0.159 e. The van der Waals surface area contributed by atoms with Crippen LogP contribution in [0, 0.1) is 0 Å². The lowest BCUT2D eigenvalue weighted by atomic mass is 10.0. The number of fused-ring (bicyclic) bond motifs is 10. The minimum absolute atomic E-state index is 0.831. The summed E-state index contributed by atoms with van der Waals surface area (Å²) in [5.74, 6) is 0. The van der Waals surface area contributed by atoms with Crippen molar-refractivity contribution in [2.24, 2.45) is 0 Å². The predicted octanol–water partition coefficient (Wildman–Crippen LogP) is 14.9. The maximum atomic E-state index is 6.63. The molecule has 0 atom stereocenters. The molecule has 0 aliphatic heterocycles. The van der Waals surface area contributed by atoms with E-state index in [9.17, 15) is 0 Å². The largest absolute Gasteiger partial charge is 0.454 e. The average Bonchev–Trinajstić information content (AvgIpc) is 3.94. The number of benzene rings is 9. The molecule has 0 bridgehead atoms. The lowest BCUT2D eigenvalue weighted by molar-refractivity contribution is 0.666. The fourth-order valence-electron chi connectivity index (χ4n) is 8.77. The van der Waals surface area contributed by atoms with Crippen LogP contribution < -0.4 is 4.90 Å². The quantitative estimate of drug-likeness (QED) is 0.178. The molecule has 3 heterocycles. The van der Waals surface area contributed by atoms with Gasteiger partial charge in [-0.25, -0.2) is 0 Å². The van der Waals surface area contributed by atoms with Gasteiger partial charge >= 0.3 is 0 Å². The summed E-state index contributed by atoms with van der Waals surface area (Å²) in [6.07, 6.45) is 0. The van der Waals surface area contributed by atoms with Crippen LogP contribution in [-0.2, 0) is 0 Å². The highest BCUT2D eigenvalue weighted by atomic mass is 16.3. The molecule has 0 fully saturated rings. The minimum Gasteiger partial charge on any atom is -0.454 e. The first-order valence-electron chi connectivity index (χ1n) is 19.0. The number of rotatable bonds is 5. The summed E-state index contributed by atoms with van der Waals surface area (Å²) >= 11 is 0. The topological polar surface area (TPSA) is 34.5 Å². The molecule has 0 aliphatic carbocycles. The molecular weight excluding hydrogens is 685 g/mol. The third kappa shape index (κ3) is 4.60. The van der Waals surface area contributed by atoms with Crippen LogP contribution in [0.3, 0.4) is 0 Å². The molecule has 12 rings (SSSR count). The van der Waals surface area contributed by atoms with E-state index < -0.39 is 0 Å². The zero-order valence-corrected chi connectivity index (χ0v) is 30.2. The van der Waals surface area contributed by atoms with Gasteiger partial charge in [-0.2, -0.15) is 0 Å². The van der Waals surface area contributed by atoms with E-state index in [1.165, 1.54) is 32.6 Å². The molecule has 9 aromatic carbocycles. The van der Waals surface area contributed by atoms with Crippen molar-refractivity contribution in [3.63, 3.8) is 0 Å². The third-order valence-electron chi connectivity index (χ3n) is 11.4. The Bertz CT molecular complexity index is 3380. The Morgan fingerprint density at radius 2 is 0.911 bits per heavy atom. The monoisotopic (exact) mass is 716 g/mol. The average molecular weight is 717 g/mol. The highest BCUT2D eigenvalue weighted by molar-refractivity contribution is 6.14. The number of hydrogen-bond acceptors (Lipinski definition) is 3. The zero-order valence-electron chi connectivity index (χ0n) is 30.2. The number of aromatic nitrogens is 1. The normalized spacial score (nSPS) is 11.9. The third-order valence-corrected chi connectivity index (χ3v) is 11.4. The molecule has 0 aliphatic rings. The van der Waals surface area contributed by atoms with Gasteiger partial charge in [-0.05, 0) is 82.6 Å². The van der Waals surface area contributed by atoms with E-state index in [2.05, 4.69) is 179 Å². The second-order valence-electron chi connectivity index (χ2n) is 14.5. The van der Waals surface area contributed by atoms with Gasteiger partial charge in [0.25, 0.3) is 0 Å². The van der Waals surface area contributed by atoms with Crippen LogP contribution in [0.15, 0.2) is 203 Å². The van der Waals surface area contributed by atoms with Crippen LogP contribution in [0.4, 0.5) is 17.1 Å². The first-order valence-corrected chi connectivity index (χ1v) is 19.0. The van der Waals surface area contributed by atoms with Crippen molar-refractivity contribution in [2.45, 2.75) is 0 Å². The summed E-state index contributed by atoms with van der Waals surface area (Å²) in [5.41, 5.74) is 12.1. The first-order chi connectivity index (χ1) is 27.8. The van der Waals surface area contributed by atoms with E-state index in [-0.39, 0.29) is 0 Å². The van der Waals surface area contributed by atoms with Crippen molar-refractivity contribution >= 4 is 93.5 Å².